The second kappa shape index (κ2) is 11.2. The van der Waals surface area contributed by atoms with Gasteiger partial charge in [0.15, 0.2) is 5.69 Å². The number of esters is 1. The van der Waals surface area contributed by atoms with Crippen LogP contribution in [0, 0.1) is 5.82 Å². The zero-order valence-electron chi connectivity index (χ0n) is 21.1. The minimum Gasteiger partial charge on any atom is -0.496 e. The number of halogens is 3. The van der Waals surface area contributed by atoms with Crippen molar-refractivity contribution in [3.8, 4) is 11.4 Å². The molecule has 0 radical (unpaired) electrons. The van der Waals surface area contributed by atoms with Crippen molar-refractivity contribution in [2.24, 2.45) is 0 Å². The Hall–Kier alpha value is -4.02. The van der Waals surface area contributed by atoms with Gasteiger partial charge in [0.2, 0.25) is 5.92 Å². The van der Waals surface area contributed by atoms with E-state index in [-0.39, 0.29) is 67.4 Å². The van der Waals surface area contributed by atoms with Crippen molar-refractivity contribution >= 4 is 17.6 Å². The summed E-state index contributed by atoms with van der Waals surface area (Å²) < 4.78 is 52.7. The number of nitrogens with two attached hydrogens (primary N) is 1. The SMILES string of the molecule is CCOC(=O)c1c(N)c(C2CCC(F)(F)CC2)nn1-c1ccc(CNC(=O)c2cc(F)ccc2OC)cc1. The van der Waals surface area contributed by atoms with Crippen molar-refractivity contribution in [1.82, 2.24) is 15.1 Å². The molecule has 1 fully saturated rings. The maximum atomic E-state index is 13.7. The predicted octanol–water partition coefficient (Wildman–Crippen LogP) is 5.00. The minimum absolute atomic E-state index is 0.0402. The first-order valence-electron chi connectivity index (χ1n) is 12.3. The molecule has 0 atom stereocenters. The van der Waals surface area contributed by atoms with Gasteiger partial charge in [0.25, 0.3) is 5.91 Å². The molecule has 38 heavy (non-hydrogen) atoms. The number of methoxy groups -OCH3 is 1. The molecular formula is C27H29F3N4O4. The third-order valence-electron chi connectivity index (χ3n) is 6.56. The van der Waals surface area contributed by atoms with E-state index in [0.717, 1.165) is 11.6 Å². The third-order valence-corrected chi connectivity index (χ3v) is 6.56. The molecule has 0 aliphatic heterocycles. The molecule has 3 aromatic rings. The van der Waals surface area contributed by atoms with E-state index < -0.39 is 23.6 Å². The van der Waals surface area contributed by atoms with Crippen molar-refractivity contribution in [1.29, 1.82) is 0 Å². The van der Waals surface area contributed by atoms with Crippen molar-refractivity contribution in [3.63, 3.8) is 0 Å². The minimum atomic E-state index is -2.71. The van der Waals surface area contributed by atoms with Gasteiger partial charge in [-0.2, -0.15) is 5.10 Å². The van der Waals surface area contributed by atoms with E-state index in [1.807, 2.05) is 0 Å². The number of anilines is 1. The Bertz CT molecular complexity index is 1310. The summed E-state index contributed by atoms with van der Waals surface area (Å²) in [5, 5.41) is 7.27. The normalized spacial score (nSPS) is 15.2. The first-order valence-corrected chi connectivity index (χ1v) is 12.3. The highest BCUT2D eigenvalue weighted by Crippen LogP contribution is 2.42. The summed E-state index contributed by atoms with van der Waals surface area (Å²) in [6.07, 6.45) is -0.0995. The second-order valence-electron chi connectivity index (χ2n) is 9.10. The molecule has 1 saturated carbocycles. The number of aromatic nitrogens is 2. The average molecular weight is 531 g/mol. The lowest BCUT2D eigenvalue weighted by Crippen LogP contribution is -2.24. The Balaban J connectivity index is 1.55. The zero-order valence-corrected chi connectivity index (χ0v) is 21.1. The van der Waals surface area contributed by atoms with Crippen LogP contribution in [0.25, 0.3) is 5.69 Å². The third kappa shape index (κ3) is 5.76. The van der Waals surface area contributed by atoms with Crippen LogP contribution >= 0.6 is 0 Å². The van der Waals surface area contributed by atoms with E-state index in [1.165, 1.54) is 23.9 Å². The standard InChI is InChI=1S/C27H29F3N4O4/c1-3-38-26(36)24-22(31)23(17-10-12-27(29,30)13-11-17)33-34(24)19-7-4-16(5-8-19)15-32-25(35)20-14-18(28)6-9-21(20)37-2/h4-9,14,17H,3,10-13,15,31H2,1-2H3,(H,32,35). The highest BCUT2D eigenvalue weighted by molar-refractivity contribution is 5.97. The number of rotatable bonds is 8. The number of nitrogens with zero attached hydrogens (tertiary/aromatic N) is 2. The van der Waals surface area contributed by atoms with Crippen LogP contribution in [0.2, 0.25) is 0 Å². The molecule has 0 unspecified atom stereocenters. The van der Waals surface area contributed by atoms with Crippen molar-refractivity contribution in [2.75, 3.05) is 19.5 Å². The molecule has 0 bridgehead atoms. The van der Waals surface area contributed by atoms with Gasteiger partial charge in [-0.25, -0.2) is 22.6 Å². The number of amides is 1. The summed E-state index contributed by atoms with van der Waals surface area (Å²) in [6.45, 7) is 1.94. The van der Waals surface area contributed by atoms with Gasteiger partial charge in [-0.3, -0.25) is 4.79 Å². The number of hydrogen-bond donors (Lipinski definition) is 2. The first-order chi connectivity index (χ1) is 18.1. The van der Waals surface area contributed by atoms with E-state index in [4.69, 9.17) is 15.2 Å². The van der Waals surface area contributed by atoms with Gasteiger partial charge >= 0.3 is 5.97 Å². The Labute approximate surface area is 217 Å². The lowest BCUT2D eigenvalue weighted by molar-refractivity contribution is -0.0384. The Morgan fingerprint density at radius 1 is 1.16 bits per heavy atom. The maximum Gasteiger partial charge on any atom is 0.359 e. The molecule has 4 rings (SSSR count). The molecule has 1 aromatic heterocycles. The summed E-state index contributed by atoms with van der Waals surface area (Å²) in [5.74, 6) is -4.47. The first kappa shape index (κ1) is 27.0. The van der Waals surface area contributed by atoms with Crippen LogP contribution < -0.4 is 15.8 Å². The van der Waals surface area contributed by atoms with E-state index in [2.05, 4.69) is 10.4 Å². The summed E-state index contributed by atoms with van der Waals surface area (Å²) in [7, 11) is 1.39. The molecule has 1 heterocycles. The predicted molar refractivity (Wildman–Crippen MR) is 134 cm³/mol. The van der Waals surface area contributed by atoms with Gasteiger partial charge in [-0.15, -0.1) is 0 Å². The largest absolute Gasteiger partial charge is 0.496 e. The fourth-order valence-electron chi connectivity index (χ4n) is 4.54. The molecule has 202 valence electrons. The average Bonchev–Trinajstić information content (AvgIpc) is 3.24. The number of nitrogen functional groups attached to an aromatic ring is 1. The second-order valence-corrected chi connectivity index (χ2v) is 9.10. The van der Waals surface area contributed by atoms with Crippen molar-refractivity contribution in [2.45, 2.75) is 51.0 Å². The number of ether oxygens (including phenoxy) is 2. The molecule has 11 heteroatoms. The van der Waals surface area contributed by atoms with Gasteiger partial charge in [0.05, 0.1) is 36.3 Å². The summed E-state index contributed by atoms with van der Waals surface area (Å²) in [5.41, 5.74) is 8.19. The summed E-state index contributed by atoms with van der Waals surface area (Å²) in [4.78, 5) is 25.3. The number of hydrogen-bond acceptors (Lipinski definition) is 6. The van der Waals surface area contributed by atoms with Gasteiger partial charge < -0.3 is 20.5 Å². The number of carbonyl (C=O) groups is 2. The van der Waals surface area contributed by atoms with E-state index >= 15 is 0 Å². The fourth-order valence-corrected chi connectivity index (χ4v) is 4.54. The molecule has 0 spiro atoms. The lowest BCUT2D eigenvalue weighted by Gasteiger charge is -2.27. The van der Waals surface area contributed by atoms with Gasteiger partial charge in [-0.05, 0) is 55.7 Å². The summed E-state index contributed by atoms with van der Waals surface area (Å²) in [6, 6.07) is 10.5. The zero-order chi connectivity index (χ0) is 27.4. The molecule has 8 nitrogen and oxygen atoms in total. The van der Waals surface area contributed by atoms with Gasteiger partial charge in [0, 0.05) is 25.3 Å². The van der Waals surface area contributed by atoms with Crippen molar-refractivity contribution < 1.29 is 32.2 Å². The van der Waals surface area contributed by atoms with E-state index in [0.29, 0.717) is 11.4 Å². The van der Waals surface area contributed by atoms with Crippen LogP contribution in [-0.2, 0) is 11.3 Å². The van der Waals surface area contributed by atoms with Crippen LogP contribution in [0.5, 0.6) is 5.75 Å². The topological polar surface area (TPSA) is 108 Å². The Morgan fingerprint density at radius 3 is 2.47 bits per heavy atom. The van der Waals surface area contributed by atoms with Crippen LogP contribution in [0.1, 0.15) is 70.6 Å². The van der Waals surface area contributed by atoms with E-state index in [1.54, 1.807) is 31.2 Å². The smallest absolute Gasteiger partial charge is 0.359 e. The maximum absolute atomic E-state index is 13.7. The van der Waals surface area contributed by atoms with E-state index in [9.17, 15) is 22.8 Å². The van der Waals surface area contributed by atoms with Gasteiger partial charge in [0.1, 0.15) is 11.6 Å². The molecule has 0 saturated heterocycles. The van der Waals surface area contributed by atoms with Crippen LogP contribution in [0.3, 0.4) is 0 Å². The molecule has 1 amide bonds. The quantitative estimate of drug-likeness (QED) is 0.397. The molecular weight excluding hydrogens is 501 g/mol. The summed E-state index contributed by atoms with van der Waals surface area (Å²) >= 11 is 0. The number of nitrogens with one attached hydrogen (secondary N) is 1. The molecule has 3 N–H and O–H groups in total. The Kier molecular flexibility index (Phi) is 7.94. The Morgan fingerprint density at radius 2 is 1.84 bits per heavy atom. The lowest BCUT2D eigenvalue weighted by atomic mass is 9.84. The highest BCUT2D eigenvalue weighted by atomic mass is 19.3. The molecule has 2 aromatic carbocycles. The van der Waals surface area contributed by atoms with Gasteiger partial charge in [-0.1, -0.05) is 12.1 Å². The molecule has 1 aliphatic carbocycles. The van der Waals surface area contributed by atoms with Crippen LogP contribution in [0.15, 0.2) is 42.5 Å². The fraction of sp³-hybridized carbons (Fsp3) is 0.370. The number of benzene rings is 2. The van der Waals surface area contributed by atoms with Crippen molar-refractivity contribution in [3.05, 3.63) is 70.8 Å². The van der Waals surface area contributed by atoms with Crippen LogP contribution in [-0.4, -0.2) is 41.3 Å². The monoisotopic (exact) mass is 530 g/mol. The number of alkyl halides is 2. The van der Waals surface area contributed by atoms with Crippen LogP contribution in [0.4, 0.5) is 18.9 Å². The number of carbonyl (C=O) groups excluding carboxylic acids is 2. The molecule has 1 aliphatic rings. The highest BCUT2D eigenvalue weighted by Gasteiger charge is 2.38.